The van der Waals surface area contributed by atoms with E-state index in [1.54, 1.807) is 0 Å². The molecule has 0 radical (unpaired) electrons. The van der Waals surface area contributed by atoms with Gasteiger partial charge in [0.2, 0.25) is 17.7 Å². The molecule has 6 nitrogen and oxygen atoms in total. The highest BCUT2D eigenvalue weighted by atomic mass is 16.2. The van der Waals surface area contributed by atoms with Crippen LogP contribution in [0.1, 0.15) is 25.7 Å². The second kappa shape index (κ2) is 5.16. The molecule has 1 unspecified atom stereocenters. The van der Waals surface area contributed by atoms with Crippen molar-refractivity contribution in [2.45, 2.75) is 31.7 Å². The molecule has 3 N–H and O–H groups in total. The van der Waals surface area contributed by atoms with Gasteiger partial charge in [-0.05, 0) is 12.8 Å². The first-order chi connectivity index (χ1) is 8.15. The van der Waals surface area contributed by atoms with E-state index < -0.39 is 0 Å². The van der Waals surface area contributed by atoms with Gasteiger partial charge < -0.3 is 16.0 Å². The summed E-state index contributed by atoms with van der Waals surface area (Å²) in [5, 5.41) is 8.13. The second-order valence-electron chi connectivity index (χ2n) is 4.59. The quantitative estimate of drug-likeness (QED) is 0.569. The molecular weight excluding hydrogens is 222 g/mol. The molecule has 3 amide bonds. The normalized spacial score (nSPS) is 23.1. The maximum atomic E-state index is 11.6. The van der Waals surface area contributed by atoms with E-state index in [0.717, 1.165) is 12.8 Å². The zero-order valence-corrected chi connectivity index (χ0v) is 9.62. The van der Waals surface area contributed by atoms with Gasteiger partial charge in [0.25, 0.3) is 0 Å². The summed E-state index contributed by atoms with van der Waals surface area (Å²) in [6, 6.07) is 0.356. The average Bonchev–Trinajstić information content (AvgIpc) is 2.97. The molecule has 1 aliphatic heterocycles. The summed E-state index contributed by atoms with van der Waals surface area (Å²) in [4.78, 5) is 33.8. The van der Waals surface area contributed by atoms with Crippen LogP contribution >= 0.6 is 0 Å². The molecule has 0 aromatic carbocycles. The van der Waals surface area contributed by atoms with Crippen LogP contribution in [0.5, 0.6) is 0 Å². The molecule has 2 rings (SSSR count). The Labute approximate surface area is 99.5 Å². The van der Waals surface area contributed by atoms with E-state index in [1.165, 1.54) is 0 Å². The highest BCUT2D eigenvalue weighted by molar-refractivity contribution is 5.89. The van der Waals surface area contributed by atoms with E-state index in [-0.39, 0.29) is 30.1 Å². The Morgan fingerprint density at radius 3 is 2.71 bits per heavy atom. The zero-order chi connectivity index (χ0) is 12.3. The van der Waals surface area contributed by atoms with Crippen LogP contribution < -0.4 is 16.0 Å². The maximum absolute atomic E-state index is 11.6. The van der Waals surface area contributed by atoms with Gasteiger partial charge in [-0.1, -0.05) is 0 Å². The van der Waals surface area contributed by atoms with Crippen LogP contribution in [0.15, 0.2) is 0 Å². The number of hydrogen-bond acceptors (Lipinski definition) is 3. The average molecular weight is 239 g/mol. The summed E-state index contributed by atoms with van der Waals surface area (Å²) in [6.07, 6.45) is 2.68. The Hall–Kier alpha value is -1.59. The number of carbonyl (C=O) groups is 3. The first kappa shape index (κ1) is 11.9. The van der Waals surface area contributed by atoms with Crippen molar-refractivity contribution < 1.29 is 14.4 Å². The topological polar surface area (TPSA) is 87.3 Å². The molecule has 1 heterocycles. The first-order valence-electron chi connectivity index (χ1n) is 5.99. The van der Waals surface area contributed by atoms with E-state index >= 15 is 0 Å². The van der Waals surface area contributed by atoms with E-state index in [0.29, 0.717) is 25.6 Å². The third kappa shape index (κ3) is 3.72. The Morgan fingerprint density at radius 1 is 1.35 bits per heavy atom. The molecule has 1 atom stereocenters. The molecule has 0 aromatic rings. The summed E-state index contributed by atoms with van der Waals surface area (Å²) >= 11 is 0. The number of rotatable bonds is 5. The predicted molar refractivity (Wildman–Crippen MR) is 59.9 cm³/mol. The van der Waals surface area contributed by atoms with Gasteiger partial charge in [-0.2, -0.15) is 0 Å². The Kier molecular flexibility index (Phi) is 3.61. The molecule has 1 saturated carbocycles. The summed E-state index contributed by atoms with van der Waals surface area (Å²) in [5.41, 5.74) is 0. The molecule has 6 heteroatoms. The SMILES string of the molecule is O=C1CC(C(=O)NCCC(=O)NC2CC2)CN1. The minimum atomic E-state index is -0.283. The van der Waals surface area contributed by atoms with Gasteiger partial charge >= 0.3 is 0 Å². The molecule has 0 aromatic heterocycles. The Bertz CT molecular complexity index is 339. The number of carbonyl (C=O) groups excluding carboxylic acids is 3. The van der Waals surface area contributed by atoms with Crippen molar-refractivity contribution in [3.8, 4) is 0 Å². The van der Waals surface area contributed by atoms with Crippen LogP contribution in [0, 0.1) is 5.92 Å². The van der Waals surface area contributed by atoms with E-state index in [9.17, 15) is 14.4 Å². The molecule has 94 valence electrons. The molecular formula is C11H17N3O3. The van der Waals surface area contributed by atoms with Crippen LogP contribution in [0.25, 0.3) is 0 Å². The molecule has 1 aliphatic carbocycles. The van der Waals surface area contributed by atoms with Crippen molar-refractivity contribution in [1.82, 2.24) is 16.0 Å². The van der Waals surface area contributed by atoms with Crippen molar-refractivity contribution >= 4 is 17.7 Å². The van der Waals surface area contributed by atoms with Gasteiger partial charge in [0, 0.05) is 32.0 Å². The van der Waals surface area contributed by atoms with E-state index in [4.69, 9.17) is 0 Å². The Balaban J connectivity index is 1.59. The summed E-state index contributed by atoms with van der Waals surface area (Å²) in [6.45, 7) is 0.737. The summed E-state index contributed by atoms with van der Waals surface area (Å²) in [7, 11) is 0. The molecule has 1 saturated heterocycles. The van der Waals surface area contributed by atoms with Crippen LogP contribution in [0.3, 0.4) is 0 Å². The third-order valence-electron chi connectivity index (χ3n) is 2.94. The monoisotopic (exact) mass is 239 g/mol. The van der Waals surface area contributed by atoms with Crippen molar-refractivity contribution in [3.05, 3.63) is 0 Å². The van der Waals surface area contributed by atoms with Crippen molar-refractivity contribution in [2.24, 2.45) is 5.92 Å². The lowest BCUT2D eigenvalue weighted by Crippen LogP contribution is -2.35. The van der Waals surface area contributed by atoms with Crippen LogP contribution in [-0.2, 0) is 14.4 Å². The highest BCUT2D eigenvalue weighted by Gasteiger charge is 2.27. The fourth-order valence-electron chi connectivity index (χ4n) is 1.76. The van der Waals surface area contributed by atoms with Crippen LogP contribution in [0.4, 0.5) is 0 Å². The van der Waals surface area contributed by atoms with Gasteiger partial charge in [0.05, 0.1) is 5.92 Å². The number of hydrogen-bond donors (Lipinski definition) is 3. The number of nitrogens with one attached hydrogen (secondary N) is 3. The summed E-state index contributed by atoms with van der Waals surface area (Å²) in [5.74, 6) is -0.540. The lowest BCUT2D eigenvalue weighted by atomic mass is 10.1. The smallest absolute Gasteiger partial charge is 0.225 e. The van der Waals surface area contributed by atoms with Gasteiger partial charge in [-0.15, -0.1) is 0 Å². The van der Waals surface area contributed by atoms with E-state index in [2.05, 4.69) is 16.0 Å². The molecule has 0 bridgehead atoms. The first-order valence-corrected chi connectivity index (χ1v) is 5.99. The van der Waals surface area contributed by atoms with Gasteiger partial charge in [-0.25, -0.2) is 0 Å². The fourth-order valence-corrected chi connectivity index (χ4v) is 1.76. The molecule has 2 aliphatic rings. The number of amides is 3. The maximum Gasteiger partial charge on any atom is 0.225 e. The molecule has 0 spiro atoms. The lowest BCUT2D eigenvalue weighted by Gasteiger charge is -2.09. The molecule has 2 fully saturated rings. The standard InChI is InChI=1S/C11H17N3O3/c15-9(14-8-1-2-8)3-4-12-11(17)7-5-10(16)13-6-7/h7-8H,1-6H2,(H,12,17)(H,13,16)(H,14,15). The van der Waals surface area contributed by atoms with Gasteiger partial charge in [0.1, 0.15) is 0 Å². The van der Waals surface area contributed by atoms with Crippen LogP contribution in [0.2, 0.25) is 0 Å². The summed E-state index contributed by atoms with van der Waals surface area (Å²) < 4.78 is 0. The van der Waals surface area contributed by atoms with Gasteiger partial charge in [0.15, 0.2) is 0 Å². The lowest BCUT2D eigenvalue weighted by molar-refractivity contribution is -0.126. The van der Waals surface area contributed by atoms with Crippen molar-refractivity contribution in [3.63, 3.8) is 0 Å². The third-order valence-corrected chi connectivity index (χ3v) is 2.94. The fraction of sp³-hybridized carbons (Fsp3) is 0.727. The predicted octanol–water partition coefficient (Wildman–Crippen LogP) is -1.09. The largest absolute Gasteiger partial charge is 0.355 e. The Morgan fingerprint density at radius 2 is 2.12 bits per heavy atom. The zero-order valence-electron chi connectivity index (χ0n) is 9.62. The molecule has 17 heavy (non-hydrogen) atoms. The second-order valence-corrected chi connectivity index (χ2v) is 4.59. The van der Waals surface area contributed by atoms with Gasteiger partial charge in [-0.3, -0.25) is 14.4 Å². The van der Waals surface area contributed by atoms with Crippen molar-refractivity contribution in [2.75, 3.05) is 13.1 Å². The highest BCUT2D eigenvalue weighted by Crippen LogP contribution is 2.18. The minimum absolute atomic E-state index is 0.0200. The van der Waals surface area contributed by atoms with Crippen molar-refractivity contribution in [1.29, 1.82) is 0 Å². The van der Waals surface area contributed by atoms with E-state index in [1.807, 2.05) is 0 Å². The minimum Gasteiger partial charge on any atom is -0.355 e. The van der Waals surface area contributed by atoms with Crippen LogP contribution in [-0.4, -0.2) is 36.9 Å².